The summed E-state index contributed by atoms with van der Waals surface area (Å²) >= 11 is 0. The molecule has 1 aromatic carbocycles. The minimum atomic E-state index is -0.938. The van der Waals surface area contributed by atoms with Crippen molar-refractivity contribution >= 4 is 16.7 Å². The molecule has 0 radical (unpaired) electrons. The smallest absolute Gasteiger partial charge is 0.302 e. The molecule has 0 spiro atoms. The zero-order valence-corrected chi connectivity index (χ0v) is 11.8. The van der Waals surface area contributed by atoms with E-state index in [2.05, 4.69) is 11.6 Å². The van der Waals surface area contributed by atoms with Gasteiger partial charge < -0.3 is 9.84 Å². The van der Waals surface area contributed by atoms with Gasteiger partial charge in [0, 0.05) is 24.1 Å². The highest BCUT2D eigenvalue weighted by atomic mass is 16.5. The van der Waals surface area contributed by atoms with Gasteiger partial charge in [-0.25, -0.2) is 0 Å². The maximum absolute atomic E-state index is 10.9. The second kappa shape index (κ2) is 6.81. The fourth-order valence-electron chi connectivity index (χ4n) is 1.99. The molecular formula is C17H17NO3. The van der Waals surface area contributed by atoms with Crippen LogP contribution in [0.2, 0.25) is 0 Å². The summed E-state index contributed by atoms with van der Waals surface area (Å²) in [5.74, 6) is -0.399. The Kier molecular flexibility index (Phi) is 4.85. The molecule has 0 bridgehead atoms. The SMILES string of the molecule is C=C/C=C(\COC(C)=O)[C@H](O)c1cc2ccccc2cn1. The van der Waals surface area contributed by atoms with Gasteiger partial charge in [-0.1, -0.05) is 43.0 Å². The van der Waals surface area contributed by atoms with Crippen molar-refractivity contribution in [3.8, 4) is 0 Å². The summed E-state index contributed by atoms with van der Waals surface area (Å²) in [6.45, 7) is 4.94. The van der Waals surface area contributed by atoms with Gasteiger partial charge in [-0.05, 0) is 11.5 Å². The summed E-state index contributed by atoms with van der Waals surface area (Å²) < 4.78 is 4.94. The van der Waals surface area contributed by atoms with E-state index in [1.807, 2.05) is 30.3 Å². The summed E-state index contributed by atoms with van der Waals surface area (Å²) in [7, 11) is 0. The van der Waals surface area contributed by atoms with Crippen molar-refractivity contribution in [2.45, 2.75) is 13.0 Å². The van der Waals surface area contributed by atoms with E-state index in [0.29, 0.717) is 11.3 Å². The Balaban J connectivity index is 2.29. The molecule has 0 aliphatic heterocycles. The largest absolute Gasteiger partial charge is 0.461 e. The first-order valence-corrected chi connectivity index (χ1v) is 6.59. The van der Waals surface area contributed by atoms with E-state index in [-0.39, 0.29) is 6.61 Å². The zero-order valence-electron chi connectivity index (χ0n) is 11.8. The van der Waals surface area contributed by atoms with Crippen LogP contribution >= 0.6 is 0 Å². The van der Waals surface area contributed by atoms with Crippen molar-refractivity contribution in [2.75, 3.05) is 6.61 Å². The van der Waals surface area contributed by atoms with Crippen LogP contribution in [0.3, 0.4) is 0 Å². The van der Waals surface area contributed by atoms with Gasteiger partial charge in [0.15, 0.2) is 0 Å². The average molecular weight is 283 g/mol. The summed E-state index contributed by atoms with van der Waals surface area (Å²) in [6, 6.07) is 9.60. The minimum absolute atomic E-state index is 0.0109. The Morgan fingerprint density at radius 3 is 2.81 bits per heavy atom. The fourth-order valence-corrected chi connectivity index (χ4v) is 1.99. The van der Waals surface area contributed by atoms with Crippen molar-refractivity contribution < 1.29 is 14.6 Å². The number of fused-ring (bicyclic) bond motifs is 1. The molecule has 0 amide bonds. The van der Waals surface area contributed by atoms with Gasteiger partial charge in [0.25, 0.3) is 0 Å². The number of nitrogens with zero attached hydrogens (tertiary/aromatic N) is 1. The number of aliphatic hydroxyl groups excluding tert-OH is 1. The second-order valence-corrected chi connectivity index (χ2v) is 4.62. The topological polar surface area (TPSA) is 59.4 Å². The van der Waals surface area contributed by atoms with Crippen LogP contribution in [0.1, 0.15) is 18.7 Å². The Labute approximate surface area is 123 Å². The Hall–Kier alpha value is -2.46. The molecule has 2 aromatic rings. The molecule has 0 fully saturated rings. The summed E-state index contributed by atoms with van der Waals surface area (Å²) in [5.41, 5.74) is 1.04. The van der Waals surface area contributed by atoms with Gasteiger partial charge >= 0.3 is 5.97 Å². The van der Waals surface area contributed by atoms with E-state index in [1.165, 1.54) is 6.92 Å². The average Bonchev–Trinajstić information content (AvgIpc) is 2.50. The minimum Gasteiger partial charge on any atom is -0.461 e. The number of aliphatic hydroxyl groups is 1. The lowest BCUT2D eigenvalue weighted by Crippen LogP contribution is -2.11. The van der Waals surface area contributed by atoms with Crippen LogP contribution in [0, 0.1) is 0 Å². The van der Waals surface area contributed by atoms with E-state index < -0.39 is 12.1 Å². The number of aromatic nitrogens is 1. The number of benzene rings is 1. The molecule has 21 heavy (non-hydrogen) atoms. The van der Waals surface area contributed by atoms with Gasteiger partial charge in [-0.15, -0.1) is 0 Å². The summed E-state index contributed by atoms with van der Waals surface area (Å²) in [4.78, 5) is 15.2. The number of carbonyl (C=O) groups is 1. The molecule has 0 aliphatic rings. The van der Waals surface area contributed by atoms with Crippen molar-refractivity contribution in [3.05, 3.63) is 66.5 Å². The zero-order chi connectivity index (χ0) is 15.2. The maximum atomic E-state index is 10.9. The van der Waals surface area contributed by atoms with Crippen LogP contribution in [0.5, 0.6) is 0 Å². The monoisotopic (exact) mass is 283 g/mol. The van der Waals surface area contributed by atoms with Crippen molar-refractivity contribution in [1.82, 2.24) is 4.98 Å². The summed E-state index contributed by atoms with van der Waals surface area (Å²) in [5, 5.41) is 12.4. The van der Waals surface area contributed by atoms with E-state index >= 15 is 0 Å². The van der Waals surface area contributed by atoms with Crippen LogP contribution in [-0.2, 0) is 9.53 Å². The maximum Gasteiger partial charge on any atom is 0.302 e. The Bertz CT molecular complexity index is 691. The molecule has 0 unspecified atom stereocenters. The molecule has 4 nitrogen and oxygen atoms in total. The molecule has 108 valence electrons. The number of allylic oxidation sites excluding steroid dienone is 2. The molecule has 1 N–H and O–H groups in total. The number of pyridine rings is 1. The van der Waals surface area contributed by atoms with Crippen molar-refractivity contribution in [1.29, 1.82) is 0 Å². The normalized spacial score (nSPS) is 13.0. The van der Waals surface area contributed by atoms with Crippen LogP contribution in [-0.4, -0.2) is 22.7 Å². The molecule has 0 saturated carbocycles. The van der Waals surface area contributed by atoms with Crippen molar-refractivity contribution in [3.63, 3.8) is 0 Å². The number of rotatable bonds is 5. The van der Waals surface area contributed by atoms with Crippen molar-refractivity contribution in [2.24, 2.45) is 0 Å². The standard InChI is InChI=1S/C17H17NO3/c1-3-6-15(11-21-12(2)19)17(20)16-9-13-7-4-5-8-14(13)10-18-16/h3-10,17,20H,1,11H2,2H3/b15-6+/t17-/m0/s1. The molecule has 1 aromatic heterocycles. The molecule has 1 atom stereocenters. The molecule has 0 saturated heterocycles. The van der Waals surface area contributed by atoms with Gasteiger partial charge in [-0.2, -0.15) is 0 Å². The third-order valence-electron chi connectivity index (χ3n) is 3.06. The first kappa shape index (κ1) is 14.9. The first-order valence-electron chi connectivity index (χ1n) is 6.59. The van der Waals surface area contributed by atoms with Crippen LogP contribution in [0.4, 0.5) is 0 Å². The molecule has 1 heterocycles. The lowest BCUT2D eigenvalue weighted by Gasteiger charge is -2.15. The molecular weight excluding hydrogens is 266 g/mol. The Morgan fingerprint density at radius 2 is 2.14 bits per heavy atom. The third-order valence-corrected chi connectivity index (χ3v) is 3.06. The molecule has 4 heteroatoms. The predicted molar refractivity (Wildman–Crippen MR) is 81.6 cm³/mol. The fraction of sp³-hybridized carbons (Fsp3) is 0.176. The van der Waals surface area contributed by atoms with E-state index in [0.717, 1.165) is 10.8 Å². The van der Waals surface area contributed by atoms with E-state index in [1.54, 1.807) is 18.3 Å². The second-order valence-electron chi connectivity index (χ2n) is 4.62. The lowest BCUT2D eigenvalue weighted by atomic mass is 10.0. The summed E-state index contributed by atoms with van der Waals surface area (Å²) in [6.07, 6.45) is 3.95. The molecule has 0 aliphatic carbocycles. The van der Waals surface area contributed by atoms with Gasteiger partial charge in [0.2, 0.25) is 0 Å². The number of esters is 1. The van der Waals surface area contributed by atoms with E-state index in [9.17, 15) is 9.90 Å². The highest BCUT2D eigenvalue weighted by Crippen LogP contribution is 2.23. The third kappa shape index (κ3) is 3.77. The lowest BCUT2D eigenvalue weighted by molar-refractivity contribution is -0.140. The van der Waals surface area contributed by atoms with E-state index in [4.69, 9.17) is 4.74 Å². The highest BCUT2D eigenvalue weighted by molar-refractivity contribution is 5.81. The van der Waals surface area contributed by atoms with Gasteiger partial charge in [-0.3, -0.25) is 9.78 Å². The number of hydrogen-bond acceptors (Lipinski definition) is 4. The quantitative estimate of drug-likeness (QED) is 0.677. The highest BCUT2D eigenvalue weighted by Gasteiger charge is 2.16. The first-order chi connectivity index (χ1) is 10.1. The van der Waals surface area contributed by atoms with Crippen LogP contribution in [0.25, 0.3) is 10.8 Å². The van der Waals surface area contributed by atoms with Gasteiger partial charge in [0.1, 0.15) is 12.7 Å². The van der Waals surface area contributed by atoms with Crippen LogP contribution in [0.15, 0.2) is 60.8 Å². The number of ether oxygens (including phenoxy) is 1. The molecule has 2 rings (SSSR count). The Morgan fingerprint density at radius 1 is 1.43 bits per heavy atom. The predicted octanol–water partition coefficient (Wildman–Crippen LogP) is 2.94. The van der Waals surface area contributed by atoms with Crippen LogP contribution < -0.4 is 0 Å². The number of carbonyl (C=O) groups excluding carboxylic acids is 1. The number of hydrogen-bond donors (Lipinski definition) is 1. The van der Waals surface area contributed by atoms with Gasteiger partial charge in [0.05, 0.1) is 5.69 Å².